The summed E-state index contributed by atoms with van der Waals surface area (Å²) in [6.07, 6.45) is 0.276. The lowest BCUT2D eigenvalue weighted by atomic mass is 9.92. The highest BCUT2D eigenvalue weighted by molar-refractivity contribution is 5.78. The van der Waals surface area contributed by atoms with E-state index in [0.29, 0.717) is 25.3 Å². The first-order valence-corrected chi connectivity index (χ1v) is 7.94. The van der Waals surface area contributed by atoms with Gasteiger partial charge in [0, 0.05) is 25.6 Å². The molecule has 2 rings (SSSR count). The molecule has 23 heavy (non-hydrogen) atoms. The maximum atomic E-state index is 13.9. The Morgan fingerprint density at radius 2 is 2.22 bits per heavy atom. The van der Waals surface area contributed by atoms with Crippen LogP contribution in [0.25, 0.3) is 0 Å². The van der Waals surface area contributed by atoms with E-state index in [-0.39, 0.29) is 37.3 Å². The standard InChI is InChI=1S/C17H25FN2O3/c1-13(2)19-16(22)10-20-7-8-23-17(11-20,12-21)9-14-5-3-4-6-15(14)18/h3-6,13,21H,7-12H2,1-2H3,(H,19,22)/t17-/m1/s1. The van der Waals surface area contributed by atoms with Gasteiger partial charge >= 0.3 is 0 Å². The fourth-order valence-electron chi connectivity index (χ4n) is 2.88. The van der Waals surface area contributed by atoms with Gasteiger partial charge in [0.25, 0.3) is 0 Å². The van der Waals surface area contributed by atoms with E-state index in [1.165, 1.54) is 6.07 Å². The SMILES string of the molecule is CC(C)NC(=O)CN1CCO[C@](CO)(Cc2ccccc2F)C1. The van der Waals surface area contributed by atoms with Crippen molar-refractivity contribution in [3.05, 3.63) is 35.6 Å². The number of ether oxygens (including phenoxy) is 1. The molecule has 1 saturated heterocycles. The van der Waals surface area contributed by atoms with Crippen molar-refractivity contribution in [1.82, 2.24) is 10.2 Å². The van der Waals surface area contributed by atoms with Gasteiger partial charge in [0.2, 0.25) is 5.91 Å². The number of nitrogens with one attached hydrogen (secondary N) is 1. The highest BCUT2D eigenvalue weighted by atomic mass is 19.1. The van der Waals surface area contributed by atoms with Crippen LogP contribution in [0.5, 0.6) is 0 Å². The van der Waals surface area contributed by atoms with E-state index in [0.717, 1.165) is 0 Å². The van der Waals surface area contributed by atoms with Gasteiger partial charge in [-0.3, -0.25) is 9.69 Å². The third-order valence-electron chi connectivity index (χ3n) is 3.90. The average molecular weight is 324 g/mol. The van der Waals surface area contributed by atoms with E-state index < -0.39 is 5.60 Å². The van der Waals surface area contributed by atoms with Crippen LogP contribution in [0.15, 0.2) is 24.3 Å². The van der Waals surface area contributed by atoms with Crippen LogP contribution in [0.2, 0.25) is 0 Å². The van der Waals surface area contributed by atoms with Crippen LogP contribution in [-0.4, -0.2) is 60.4 Å². The van der Waals surface area contributed by atoms with Gasteiger partial charge in [-0.2, -0.15) is 0 Å². The number of rotatable bonds is 6. The predicted octanol–water partition coefficient (Wildman–Crippen LogP) is 0.956. The lowest BCUT2D eigenvalue weighted by Crippen LogP contribution is -2.57. The summed E-state index contributed by atoms with van der Waals surface area (Å²) in [5.74, 6) is -0.363. The molecule has 1 heterocycles. The van der Waals surface area contributed by atoms with Crippen molar-refractivity contribution in [2.24, 2.45) is 0 Å². The average Bonchev–Trinajstić information content (AvgIpc) is 2.49. The van der Waals surface area contributed by atoms with Crippen molar-refractivity contribution in [2.75, 3.05) is 32.8 Å². The molecule has 1 aromatic rings. The fraction of sp³-hybridized carbons (Fsp3) is 0.588. The smallest absolute Gasteiger partial charge is 0.234 e. The van der Waals surface area contributed by atoms with Gasteiger partial charge in [-0.25, -0.2) is 4.39 Å². The molecule has 1 fully saturated rings. The van der Waals surface area contributed by atoms with E-state index in [9.17, 15) is 14.3 Å². The number of halogens is 1. The summed E-state index contributed by atoms with van der Waals surface area (Å²) in [5, 5.41) is 12.7. The second kappa shape index (κ2) is 7.86. The van der Waals surface area contributed by atoms with Crippen LogP contribution in [-0.2, 0) is 16.0 Å². The lowest BCUT2D eigenvalue weighted by Gasteiger charge is -2.41. The molecule has 5 nitrogen and oxygen atoms in total. The summed E-state index contributed by atoms with van der Waals surface area (Å²) < 4.78 is 19.7. The number of benzene rings is 1. The molecule has 2 N–H and O–H groups in total. The van der Waals surface area contributed by atoms with Crippen LogP contribution in [0.3, 0.4) is 0 Å². The normalized spacial score (nSPS) is 22.3. The lowest BCUT2D eigenvalue weighted by molar-refractivity contribution is -0.141. The third kappa shape index (κ3) is 4.99. The van der Waals surface area contributed by atoms with Gasteiger partial charge in [-0.1, -0.05) is 18.2 Å². The minimum Gasteiger partial charge on any atom is -0.393 e. The molecule has 1 aromatic carbocycles. The summed E-state index contributed by atoms with van der Waals surface area (Å²) >= 11 is 0. The molecule has 1 amide bonds. The number of amides is 1. The Kier molecular flexibility index (Phi) is 6.10. The number of aliphatic hydroxyl groups is 1. The quantitative estimate of drug-likeness (QED) is 0.818. The first-order valence-electron chi connectivity index (χ1n) is 7.94. The van der Waals surface area contributed by atoms with E-state index >= 15 is 0 Å². The maximum Gasteiger partial charge on any atom is 0.234 e. The molecule has 1 atom stereocenters. The van der Waals surface area contributed by atoms with Crippen molar-refractivity contribution >= 4 is 5.91 Å². The molecule has 0 bridgehead atoms. The molecule has 0 unspecified atom stereocenters. The Balaban J connectivity index is 2.03. The summed E-state index contributed by atoms with van der Waals surface area (Å²) in [5.41, 5.74) is -0.367. The predicted molar refractivity (Wildman–Crippen MR) is 85.6 cm³/mol. The van der Waals surface area contributed by atoms with Crippen LogP contribution < -0.4 is 5.32 Å². The highest BCUT2D eigenvalue weighted by Crippen LogP contribution is 2.24. The molecule has 128 valence electrons. The number of aliphatic hydroxyl groups excluding tert-OH is 1. The Bertz CT molecular complexity index is 538. The Labute approximate surface area is 136 Å². The number of hydrogen-bond donors (Lipinski definition) is 2. The van der Waals surface area contributed by atoms with Gasteiger partial charge in [-0.05, 0) is 25.5 Å². The number of nitrogens with zero attached hydrogens (tertiary/aromatic N) is 1. The monoisotopic (exact) mass is 324 g/mol. The van der Waals surface area contributed by atoms with E-state index in [2.05, 4.69) is 5.32 Å². The largest absolute Gasteiger partial charge is 0.393 e. The third-order valence-corrected chi connectivity index (χ3v) is 3.90. The van der Waals surface area contributed by atoms with Crippen LogP contribution >= 0.6 is 0 Å². The highest BCUT2D eigenvalue weighted by Gasteiger charge is 2.37. The second-order valence-electron chi connectivity index (χ2n) is 6.39. The first-order chi connectivity index (χ1) is 10.9. The zero-order valence-electron chi connectivity index (χ0n) is 13.7. The molecule has 0 saturated carbocycles. The van der Waals surface area contributed by atoms with Gasteiger partial charge in [-0.15, -0.1) is 0 Å². The number of carbonyl (C=O) groups excluding carboxylic acids is 1. The zero-order valence-corrected chi connectivity index (χ0v) is 13.7. The van der Waals surface area contributed by atoms with Crippen molar-refractivity contribution < 1.29 is 19.0 Å². The van der Waals surface area contributed by atoms with Crippen LogP contribution in [0.4, 0.5) is 4.39 Å². The number of carbonyl (C=O) groups is 1. The summed E-state index contributed by atoms with van der Waals surface area (Å²) in [7, 11) is 0. The summed E-state index contributed by atoms with van der Waals surface area (Å²) in [4.78, 5) is 13.9. The van der Waals surface area contributed by atoms with Crippen LogP contribution in [0.1, 0.15) is 19.4 Å². The Hall–Kier alpha value is -1.50. The number of morpholine rings is 1. The molecule has 0 aliphatic carbocycles. The molecule has 0 aromatic heterocycles. The van der Waals surface area contributed by atoms with Crippen molar-refractivity contribution in [2.45, 2.75) is 31.9 Å². The van der Waals surface area contributed by atoms with Crippen molar-refractivity contribution in [3.63, 3.8) is 0 Å². The van der Waals surface area contributed by atoms with Crippen LogP contribution in [0, 0.1) is 5.82 Å². The van der Waals surface area contributed by atoms with Gasteiger partial charge in [0.1, 0.15) is 11.4 Å². The first kappa shape index (κ1) is 17.8. The van der Waals surface area contributed by atoms with E-state index in [1.807, 2.05) is 18.7 Å². The molecular weight excluding hydrogens is 299 g/mol. The topological polar surface area (TPSA) is 61.8 Å². The Morgan fingerprint density at radius 3 is 2.87 bits per heavy atom. The minimum atomic E-state index is -0.876. The van der Waals surface area contributed by atoms with Gasteiger partial charge in [0.15, 0.2) is 0 Å². The molecule has 6 heteroatoms. The summed E-state index contributed by atoms with van der Waals surface area (Å²) in [6.45, 7) is 5.27. The van der Waals surface area contributed by atoms with Gasteiger partial charge in [0.05, 0.1) is 19.8 Å². The molecule has 1 aliphatic rings. The molecule has 0 radical (unpaired) electrons. The Morgan fingerprint density at radius 1 is 1.48 bits per heavy atom. The van der Waals surface area contributed by atoms with Crippen molar-refractivity contribution in [3.8, 4) is 0 Å². The molecular formula is C17H25FN2O3. The fourth-order valence-corrected chi connectivity index (χ4v) is 2.88. The van der Waals surface area contributed by atoms with Gasteiger partial charge < -0.3 is 15.2 Å². The zero-order chi connectivity index (χ0) is 16.9. The van der Waals surface area contributed by atoms with E-state index in [1.54, 1.807) is 18.2 Å². The second-order valence-corrected chi connectivity index (χ2v) is 6.39. The number of hydrogen-bond acceptors (Lipinski definition) is 4. The maximum absolute atomic E-state index is 13.9. The molecule has 0 spiro atoms. The minimum absolute atomic E-state index is 0.0559. The van der Waals surface area contributed by atoms with E-state index in [4.69, 9.17) is 4.74 Å². The van der Waals surface area contributed by atoms with Crippen molar-refractivity contribution in [1.29, 1.82) is 0 Å². The molecule has 1 aliphatic heterocycles. The summed E-state index contributed by atoms with van der Waals surface area (Å²) in [6, 6.07) is 6.58.